The third-order valence-corrected chi connectivity index (χ3v) is 4.44. The molecular weight excluding hydrogens is 412 g/mol. The van der Waals surface area contributed by atoms with Crippen molar-refractivity contribution >= 4 is 18.0 Å². The van der Waals surface area contributed by atoms with Crippen LogP contribution in [0.3, 0.4) is 0 Å². The van der Waals surface area contributed by atoms with Gasteiger partial charge in [0.15, 0.2) is 23.0 Å². The van der Waals surface area contributed by atoms with Gasteiger partial charge in [-0.05, 0) is 35.8 Å². The molecule has 0 unspecified atom stereocenters. The van der Waals surface area contributed by atoms with Crippen LogP contribution in [0.15, 0.2) is 30.3 Å². The number of hydrogen-bond donors (Lipinski definition) is 7. The van der Waals surface area contributed by atoms with E-state index in [-0.39, 0.29) is 35.5 Å². The van der Waals surface area contributed by atoms with Crippen LogP contribution >= 0.6 is 0 Å². The van der Waals surface area contributed by atoms with Crippen LogP contribution in [0.1, 0.15) is 22.3 Å². The van der Waals surface area contributed by atoms with Crippen LogP contribution in [0.25, 0.3) is 6.08 Å². The zero-order valence-corrected chi connectivity index (χ0v) is 16.2. The number of rotatable bonds is 9. The van der Waals surface area contributed by atoms with E-state index >= 15 is 0 Å². The Bertz CT molecular complexity index is 996. The maximum Gasteiger partial charge on any atom is 0.345 e. The number of carboxylic acid groups (broad SMARTS) is 1. The number of carbonyl (C=O) groups is 2. The molecule has 7 N–H and O–H groups in total. The molecule has 10 heteroatoms. The summed E-state index contributed by atoms with van der Waals surface area (Å²) in [5.74, 6) is -4.42. The van der Waals surface area contributed by atoms with Gasteiger partial charge in [-0.25, -0.2) is 9.59 Å². The predicted octanol–water partition coefficient (Wildman–Crippen LogP) is 0.788. The Labute approximate surface area is 176 Å². The summed E-state index contributed by atoms with van der Waals surface area (Å²) in [6.07, 6.45) is 0.0435. The van der Waals surface area contributed by atoms with Crippen molar-refractivity contribution in [2.75, 3.05) is 6.61 Å². The number of phenolic OH excluding ortho intramolecular Hbond substituents is 3. The Balaban J connectivity index is 2.23. The molecule has 10 nitrogen and oxygen atoms in total. The first-order chi connectivity index (χ1) is 14.7. The first-order valence-electron chi connectivity index (χ1n) is 9.08. The number of aliphatic hydroxyl groups is 2. The Morgan fingerprint density at radius 1 is 0.968 bits per heavy atom. The Morgan fingerprint density at radius 3 is 2.26 bits per heavy atom. The van der Waals surface area contributed by atoms with Crippen molar-refractivity contribution in [2.45, 2.75) is 25.6 Å². The van der Waals surface area contributed by atoms with E-state index in [1.54, 1.807) is 0 Å². The molecule has 0 radical (unpaired) electrons. The van der Waals surface area contributed by atoms with E-state index < -0.39 is 48.3 Å². The lowest BCUT2D eigenvalue weighted by molar-refractivity contribution is -0.160. The highest BCUT2D eigenvalue weighted by Crippen LogP contribution is 2.36. The van der Waals surface area contributed by atoms with E-state index in [2.05, 4.69) is 0 Å². The molecule has 0 aliphatic heterocycles. The maximum absolute atomic E-state index is 12.1. The lowest BCUT2D eigenvalue weighted by Crippen LogP contribution is -2.29. The smallest absolute Gasteiger partial charge is 0.345 e. The topological polar surface area (TPSA) is 185 Å². The molecule has 0 bridgehead atoms. The van der Waals surface area contributed by atoms with Crippen LogP contribution < -0.4 is 0 Å². The van der Waals surface area contributed by atoms with Gasteiger partial charge in [-0.2, -0.15) is 0 Å². The number of benzene rings is 2. The second-order valence-corrected chi connectivity index (χ2v) is 6.55. The molecule has 2 aromatic rings. The van der Waals surface area contributed by atoms with Crippen LogP contribution in [0.4, 0.5) is 0 Å². The molecule has 31 heavy (non-hydrogen) atoms. The summed E-state index contributed by atoms with van der Waals surface area (Å²) in [5.41, 5.74) is 0.471. The van der Waals surface area contributed by atoms with Gasteiger partial charge in [0.05, 0.1) is 6.61 Å². The van der Waals surface area contributed by atoms with E-state index in [1.165, 1.54) is 30.3 Å². The summed E-state index contributed by atoms with van der Waals surface area (Å²) >= 11 is 0. The van der Waals surface area contributed by atoms with Gasteiger partial charge in [0, 0.05) is 30.2 Å². The largest absolute Gasteiger partial charge is 0.504 e. The fourth-order valence-corrected chi connectivity index (χ4v) is 2.85. The summed E-state index contributed by atoms with van der Waals surface area (Å²) < 4.78 is 4.95. The highest BCUT2D eigenvalue weighted by molar-refractivity contribution is 5.89. The quantitative estimate of drug-likeness (QED) is 0.169. The van der Waals surface area contributed by atoms with Crippen LogP contribution in [-0.4, -0.2) is 60.4 Å². The van der Waals surface area contributed by atoms with Crippen molar-refractivity contribution in [2.24, 2.45) is 0 Å². The van der Waals surface area contributed by atoms with Gasteiger partial charge < -0.3 is 40.5 Å². The second-order valence-electron chi connectivity index (χ2n) is 6.55. The molecule has 0 fully saturated rings. The fourth-order valence-electron chi connectivity index (χ4n) is 2.85. The number of aliphatic carboxylic acids is 1. The molecule has 2 rings (SSSR count). The molecule has 0 spiro atoms. The first kappa shape index (κ1) is 23.5. The van der Waals surface area contributed by atoms with Gasteiger partial charge in [-0.3, -0.25) is 0 Å². The average Bonchev–Trinajstić information content (AvgIpc) is 2.72. The number of phenols is 4. The summed E-state index contributed by atoms with van der Waals surface area (Å²) in [5, 5.41) is 66.8. The van der Waals surface area contributed by atoms with Gasteiger partial charge in [0.25, 0.3) is 0 Å². The van der Waals surface area contributed by atoms with Crippen LogP contribution in [0.5, 0.6) is 23.0 Å². The van der Waals surface area contributed by atoms with E-state index in [0.29, 0.717) is 5.56 Å². The molecule has 2 aromatic carbocycles. The van der Waals surface area contributed by atoms with E-state index in [0.717, 1.165) is 6.08 Å². The fraction of sp³-hybridized carbons (Fsp3) is 0.238. The van der Waals surface area contributed by atoms with Gasteiger partial charge in [0.1, 0.15) is 0 Å². The summed E-state index contributed by atoms with van der Waals surface area (Å²) in [6, 6.07) is 5.11. The highest BCUT2D eigenvalue weighted by Gasteiger charge is 2.26. The number of hydrogen-bond acceptors (Lipinski definition) is 9. The molecule has 0 saturated heterocycles. The third-order valence-electron chi connectivity index (χ3n) is 4.44. The lowest BCUT2D eigenvalue weighted by Gasteiger charge is -2.18. The number of aromatic hydroxyl groups is 4. The third kappa shape index (κ3) is 5.87. The molecule has 0 aliphatic carbocycles. The standard InChI is InChI=1S/C21H22O10/c22-6-5-12-8-13(14(10-23)20(28)19(12)27)9-17(21(29)30)31-18(26)4-2-11-1-3-15(24)16(25)7-11/h1-4,7-8,17,22-25,27-28H,5-6,9-10H2,(H,29,30)/t17-/m1/s1. The first-order valence-corrected chi connectivity index (χ1v) is 9.08. The Hall–Kier alpha value is -3.76. The lowest BCUT2D eigenvalue weighted by atomic mass is 9.96. The number of carboxylic acids is 1. The predicted molar refractivity (Wildman–Crippen MR) is 107 cm³/mol. The average molecular weight is 434 g/mol. The monoisotopic (exact) mass is 434 g/mol. The minimum Gasteiger partial charge on any atom is -0.504 e. The summed E-state index contributed by atoms with van der Waals surface area (Å²) in [7, 11) is 0. The minimum atomic E-state index is -1.68. The maximum atomic E-state index is 12.1. The molecule has 1 atom stereocenters. The number of aliphatic hydroxyl groups excluding tert-OH is 2. The number of carbonyl (C=O) groups excluding carboxylic acids is 1. The Morgan fingerprint density at radius 2 is 1.68 bits per heavy atom. The van der Waals surface area contributed by atoms with E-state index in [4.69, 9.17) is 9.84 Å². The molecule has 0 amide bonds. The zero-order valence-electron chi connectivity index (χ0n) is 16.2. The van der Waals surface area contributed by atoms with Gasteiger partial charge in [0.2, 0.25) is 6.10 Å². The molecule has 166 valence electrons. The SMILES string of the molecule is O=C(C=Cc1ccc(O)c(O)c1)O[C@H](Cc1cc(CCO)c(O)c(O)c1CO)C(=O)O. The second kappa shape index (κ2) is 10.3. The van der Waals surface area contributed by atoms with Crippen molar-refractivity contribution in [3.63, 3.8) is 0 Å². The summed E-state index contributed by atoms with van der Waals surface area (Å²) in [6.45, 7) is -1.06. The zero-order chi connectivity index (χ0) is 23.1. The van der Waals surface area contributed by atoms with Gasteiger partial charge in [-0.15, -0.1) is 0 Å². The van der Waals surface area contributed by atoms with E-state index in [1.807, 2.05) is 0 Å². The van der Waals surface area contributed by atoms with Gasteiger partial charge >= 0.3 is 11.9 Å². The molecule has 0 saturated carbocycles. The van der Waals surface area contributed by atoms with Crippen molar-refractivity contribution in [3.05, 3.63) is 52.6 Å². The number of ether oxygens (including phenoxy) is 1. The molecular formula is C21H22O10. The molecule has 0 heterocycles. The summed E-state index contributed by atoms with van der Waals surface area (Å²) in [4.78, 5) is 23.6. The van der Waals surface area contributed by atoms with Crippen LogP contribution in [-0.2, 0) is 33.8 Å². The van der Waals surface area contributed by atoms with E-state index in [9.17, 15) is 40.2 Å². The van der Waals surface area contributed by atoms with Crippen molar-refractivity contribution in [1.82, 2.24) is 0 Å². The van der Waals surface area contributed by atoms with Crippen LogP contribution in [0, 0.1) is 0 Å². The minimum absolute atomic E-state index is 0.0299. The van der Waals surface area contributed by atoms with Crippen molar-refractivity contribution in [3.8, 4) is 23.0 Å². The molecule has 0 aliphatic rings. The normalized spacial score (nSPS) is 12.1. The van der Waals surface area contributed by atoms with Crippen molar-refractivity contribution < 1.29 is 50.1 Å². The van der Waals surface area contributed by atoms with Gasteiger partial charge in [-0.1, -0.05) is 12.1 Å². The van der Waals surface area contributed by atoms with Crippen LogP contribution in [0.2, 0.25) is 0 Å². The molecule has 0 aromatic heterocycles. The Kier molecular flexibility index (Phi) is 7.83. The number of esters is 1. The highest BCUT2D eigenvalue weighted by atomic mass is 16.6. The van der Waals surface area contributed by atoms with Crippen molar-refractivity contribution in [1.29, 1.82) is 0 Å².